The molecule has 12 heteroatoms. The van der Waals surface area contributed by atoms with Gasteiger partial charge in [-0.05, 0) is 37.0 Å². The number of nitrogens with zero attached hydrogens (tertiary/aromatic N) is 3. The molecule has 37 heavy (non-hydrogen) atoms. The summed E-state index contributed by atoms with van der Waals surface area (Å²) in [4.78, 5) is 20.6. The Bertz CT molecular complexity index is 1240. The number of aliphatic hydroxyl groups is 1. The van der Waals surface area contributed by atoms with Gasteiger partial charge < -0.3 is 31.3 Å². The Morgan fingerprint density at radius 2 is 1.81 bits per heavy atom. The molecule has 0 spiro atoms. The molecule has 1 fully saturated rings. The van der Waals surface area contributed by atoms with Gasteiger partial charge in [-0.3, -0.25) is 4.79 Å². The van der Waals surface area contributed by atoms with Gasteiger partial charge in [0.2, 0.25) is 17.9 Å². The number of carboxylic acid groups (broad SMARTS) is 1. The van der Waals surface area contributed by atoms with Crippen LogP contribution in [0.1, 0.15) is 30.1 Å². The van der Waals surface area contributed by atoms with Crippen LogP contribution in [-0.4, -0.2) is 51.1 Å². The van der Waals surface area contributed by atoms with E-state index in [1.165, 1.54) is 30.3 Å². The minimum Gasteiger partial charge on any atom is -0.480 e. The van der Waals surface area contributed by atoms with Crippen LogP contribution >= 0.6 is 0 Å². The zero-order valence-electron chi connectivity index (χ0n) is 19.6. The lowest BCUT2D eigenvalue weighted by Gasteiger charge is -2.25. The van der Waals surface area contributed by atoms with E-state index in [1.807, 2.05) is 0 Å². The number of rotatable bonds is 8. The number of carboxylic acids is 1. The third-order valence-electron chi connectivity index (χ3n) is 6.03. The summed E-state index contributed by atoms with van der Waals surface area (Å²) in [6.45, 7) is 0.621. The van der Waals surface area contributed by atoms with Gasteiger partial charge in [-0.1, -0.05) is 36.4 Å². The van der Waals surface area contributed by atoms with Crippen LogP contribution in [0.3, 0.4) is 0 Å². The van der Waals surface area contributed by atoms with E-state index in [4.69, 9.17) is 21.3 Å². The molecule has 3 atom stereocenters. The van der Waals surface area contributed by atoms with Gasteiger partial charge in [0.25, 0.3) is 0 Å². The molecule has 0 amide bonds. The monoisotopic (exact) mass is 517 g/mol. The molecule has 4 rings (SSSR count). The summed E-state index contributed by atoms with van der Waals surface area (Å²) in [5.74, 6) is -1.76. The molecule has 196 valence electrons. The predicted octanol–water partition coefficient (Wildman–Crippen LogP) is 3.28. The van der Waals surface area contributed by atoms with Crippen LogP contribution in [0.5, 0.6) is 5.88 Å². The molecule has 3 aromatic rings. The third-order valence-corrected chi connectivity index (χ3v) is 6.03. The molecule has 0 bridgehead atoms. The number of nitrogens with two attached hydrogens (primary N) is 2. The van der Waals surface area contributed by atoms with E-state index >= 15 is 0 Å². The van der Waals surface area contributed by atoms with Gasteiger partial charge in [0.15, 0.2) is 0 Å². The normalized spacial score (nSPS) is 17.4. The lowest BCUT2D eigenvalue weighted by molar-refractivity contribution is -0.198. The standard InChI is InChI=1S/C25H26F3N5O4/c26-25(27,28)22(16-7-9-17(10-8-16)33-11-1-2-21(33)34)37-20-13-19(31-24(30)32-20)15-5-3-14(4-6-15)12-18(29)23(35)36/h3-10,13,18,21-22,34H,1-2,11-12,29H2,(H,35,36)(H2,30,31,32)/t18-,21?,22?/m0/s1. The van der Waals surface area contributed by atoms with Crippen molar-refractivity contribution in [2.24, 2.45) is 5.73 Å². The van der Waals surface area contributed by atoms with Gasteiger partial charge in [0.05, 0.1) is 5.69 Å². The van der Waals surface area contributed by atoms with Crippen molar-refractivity contribution >= 4 is 17.6 Å². The van der Waals surface area contributed by atoms with Crippen molar-refractivity contribution in [1.82, 2.24) is 9.97 Å². The molecule has 2 unspecified atom stereocenters. The average Bonchev–Trinajstić information content (AvgIpc) is 3.28. The van der Waals surface area contributed by atoms with Crippen LogP contribution in [0.4, 0.5) is 24.8 Å². The summed E-state index contributed by atoms with van der Waals surface area (Å²) >= 11 is 0. The van der Waals surface area contributed by atoms with Crippen molar-refractivity contribution in [2.75, 3.05) is 17.2 Å². The summed E-state index contributed by atoms with van der Waals surface area (Å²) in [7, 11) is 0. The number of aliphatic hydroxyl groups excluding tert-OH is 1. The minimum atomic E-state index is -4.75. The van der Waals surface area contributed by atoms with E-state index in [0.29, 0.717) is 29.8 Å². The van der Waals surface area contributed by atoms with E-state index in [9.17, 15) is 23.1 Å². The van der Waals surface area contributed by atoms with E-state index in [1.54, 1.807) is 29.2 Å². The van der Waals surface area contributed by atoms with Gasteiger partial charge in [-0.15, -0.1) is 0 Å². The molecule has 1 aromatic heterocycles. The first-order valence-electron chi connectivity index (χ1n) is 11.5. The Kier molecular flexibility index (Phi) is 7.50. The van der Waals surface area contributed by atoms with Gasteiger partial charge in [0, 0.05) is 29.4 Å². The number of nitrogen functional groups attached to an aromatic ring is 1. The first-order valence-corrected chi connectivity index (χ1v) is 11.5. The first-order chi connectivity index (χ1) is 17.5. The fourth-order valence-electron chi connectivity index (χ4n) is 4.14. The van der Waals surface area contributed by atoms with Crippen LogP contribution in [0.15, 0.2) is 54.6 Å². The van der Waals surface area contributed by atoms with E-state index < -0.39 is 30.5 Å². The third kappa shape index (κ3) is 6.27. The molecule has 0 radical (unpaired) electrons. The number of aliphatic carboxylic acids is 1. The summed E-state index contributed by atoms with van der Waals surface area (Å²) in [6.07, 6.45) is -6.21. The highest BCUT2D eigenvalue weighted by atomic mass is 19.4. The highest BCUT2D eigenvalue weighted by Crippen LogP contribution is 2.38. The van der Waals surface area contributed by atoms with E-state index in [2.05, 4.69) is 9.97 Å². The molecule has 2 heterocycles. The Morgan fingerprint density at radius 3 is 2.38 bits per heavy atom. The maximum absolute atomic E-state index is 14.0. The zero-order valence-corrected chi connectivity index (χ0v) is 19.6. The van der Waals surface area contributed by atoms with Gasteiger partial charge in [0.1, 0.15) is 12.3 Å². The van der Waals surface area contributed by atoms with Gasteiger partial charge in [-0.2, -0.15) is 18.2 Å². The summed E-state index contributed by atoms with van der Waals surface area (Å²) in [5.41, 5.74) is 13.2. The summed E-state index contributed by atoms with van der Waals surface area (Å²) in [6, 6.07) is 12.4. The fourth-order valence-corrected chi connectivity index (χ4v) is 4.14. The van der Waals surface area contributed by atoms with Crippen molar-refractivity contribution in [3.63, 3.8) is 0 Å². The molecular weight excluding hydrogens is 491 g/mol. The highest BCUT2D eigenvalue weighted by molar-refractivity contribution is 5.73. The number of anilines is 2. The van der Waals surface area contributed by atoms with Crippen LogP contribution in [-0.2, 0) is 11.2 Å². The fraction of sp³-hybridized carbons (Fsp3) is 0.320. The maximum atomic E-state index is 14.0. The number of ether oxygens (including phenoxy) is 1. The quantitative estimate of drug-likeness (QED) is 0.353. The van der Waals surface area contributed by atoms with Gasteiger partial charge >= 0.3 is 12.1 Å². The number of halogens is 3. The number of hydrogen-bond acceptors (Lipinski definition) is 8. The smallest absolute Gasteiger partial charge is 0.429 e. The number of aromatic nitrogens is 2. The van der Waals surface area contributed by atoms with Crippen LogP contribution in [0, 0.1) is 0 Å². The van der Waals surface area contributed by atoms with Crippen molar-refractivity contribution in [3.05, 3.63) is 65.7 Å². The second-order valence-corrected chi connectivity index (χ2v) is 8.74. The van der Waals surface area contributed by atoms with Gasteiger partial charge in [-0.25, -0.2) is 4.98 Å². The Hall–Kier alpha value is -3.90. The van der Waals surface area contributed by atoms with Crippen LogP contribution < -0.4 is 21.1 Å². The molecule has 6 N–H and O–H groups in total. The maximum Gasteiger partial charge on any atom is 0.429 e. The van der Waals surface area contributed by atoms with Crippen LogP contribution in [0.2, 0.25) is 0 Å². The number of benzene rings is 2. The Morgan fingerprint density at radius 1 is 1.14 bits per heavy atom. The molecule has 2 aromatic carbocycles. The lowest BCUT2D eigenvalue weighted by atomic mass is 10.0. The second-order valence-electron chi connectivity index (χ2n) is 8.74. The van der Waals surface area contributed by atoms with E-state index in [0.717, 1.165) is 6.42 Å². The molecule has 0 aliphatic carbocycles. The van der Waals surface area contributed by atoms with Crippen LogP contribution in [0.25, 0.3) is 11.3 Å². The highest BCUT2D eigenvalue weighted by Gasteiger charge is 2.43. The Balaban J connectivity index is 1.56. The molecule has 9 nitrogen and oxygen atoms in total. The van der Waals surface area contributed by atoms with Crippen molar-refractivity contribution in [1.29, 1.82) is 0 Å². The summed E-state index contributed by atoms with van der Waals surface area (Å²) < 4.78 is 47.2. The van der Waals surface area contributed by atoms with Crippen molar-refractivity contribution in [2.45, 2.75) is 43.8 Å². The first kappa shape index (κ1) is 26.2. The van der Waals surface area contributed by atoms with E-state index in [-0.39, 0.29) is 29.5 Å². The average molecular weight is 518 g/mol. The largest absolute Gasteiger partial charge is 0.480 e. The predicted molar refractivity (Wildman–Crippen MR) is 130 cm³/mol. The van der Waals surface area contributed by atoms with Crippen molar-refractivity contribution in [3.8, 4) is 17.1 Å². The topological polar surface area (TPSA) is 148 Å². The Labute approximate surface area is 210 Å². The lowest BCUT2D eigenvalue weighted by Crippen LogP contribution is -2.32. The van der Waals surface area contributed by atoms with Crippen molar-refractivity contribution < 1.29 is 32.9 Å². The molecule has 1 aliphatic rings. The molecule has 0 saturated carbocycles. The minimum absolute atomic E-state index is 0.110. The SMILES string of the molecule is Nc1nc(OC(c2ccc(N3CCCC3O)cc2)C(F)(F)F)cc(-c2ccc(C[C@H](N)C(=O)O)cc2)n1. The number of alkyl halides is 3. The number of hydrogen-bond donors (Lipinski definition) is 4. The number of carbonyl (C=O) groups is 1. The molecular formula is C25H26F3N5O4. The molecule has 1 aliphatic heterocycles. The molecule has 1 saturated heterocycles. The second kappa shape index (κ2) is 10.6. The zero-order chi connectivity index (χ0) is 26.7. The summed E-state index contributed by atoms with van der Waals surface area (Å²) in [5, 5.41) is 19.0.